The van der Waals surface area contributed by atoms with Gasteiger partial charge in [0, 0.05) is 0 Å². The van der Waals surface area contributed by atoms with Crippen LogP contribution in [-0.4, -0.2) is 48.9 Å². The first-order chi connectivity index (χ1) is 12.9. The Kier molecular flexibility index (Phi) is 7.33. The van der Waals surface area contributed by atoms with Gasteiger partial charge in [-0.1, -0.05) is 5.92 Å². The van der Waals surface area contributed by atoms with Gasteiger partial charge in [-0.05, 0) is 58.4 Å². The number of methoxy groups -OCH3 is 1. The standard InChI is InChI=1S/C18H16BrNO6S/c1-4-6-26-16-12(19)7-11(8-13(16)25-5-2)9-14-17(22)20(18(23)27-14)10-15(21)24-3/h1,7-9H,5-6,10H2,2-3H3/b14-9-. The van der Waals surface area contributed by atoms with Crippen LogP contribution in [0.4, 0.5) is 4.79 Å². The third-order valence-electron chi connectivity index (χ3n) is 3.32. The zero-order chi connectivity index (χ0) is 20.0. The van der Waals surface area contributed by atoms with Crippen LogP contribution in [-0.2, 0) is 14.3 Å². The summed E-state index contributed by atoms with van der Waals surface area (Å²) in [6.45, 7) is 1.87. The van der Waals surface area contributed by atoms with Crippen LogP contribution in [0.25, 0.3) is 6.08 Å². The Bertz CT molecular complexity index is 845. The molecule has 9 heteroatoms. The molecule has 142 valence electrons. The number of ether oxygens (including phenoxy) is 3. The smallest absolute Gasteiger partial charge is 0.325 e. The van der Waals surface area contributed by atoms with Crippen LogP contribution in [0.2, 0.25) is 0 Å². The maximum Gasteiger partial charge on any atom is 0.325 e. The number of nitrogens with zero attached hydrogens (tertiary/aromatic N) is 1. The fourth-order valence-electron chi connectivity index (χ4n) is 2.17. The number of imide groups is 1. The van der Waals surface area contributed by atoms with E-state index in [-0.39, 0.29) is 11.5 Å². The van der Waals surface area contributed by atoms with Gasteiger partial charge in [0.15, 0.2) is 11.5 Å². The van der Waals surface area contributed by atoms with E-state index in [2.05, 4.69) is 26.6 Å². The Balaban J connectivity index is 2.33. The fraction of sp³-hybridized carbons (Fsp3) is 0.278. The van der Waals surface area contributed by atoms with Gasteiger partial charge in [-0.3, -0.25) is 19.3 Å². The molecule has 27 heavy (non-hydrogen) atoms. The first-order valence-corrected chi connectivity index (χ1v) is 9.37. The second-order valence-corrected chi connectivity index (χ2v) is 6.95. The predicted octanol–water partition coefficient (Wildman–Crippen LogP) is 3.07. The third-order valence-corrected chi connectivity index (χ3v) is 4.81. The van der Waals surface area contributed by atoms with Gasteiger partial charge in [0.05, 0.1) is 23.1 Å². The summed E-state index contributed by atoms with van der Waals surface area (Å²) < 4.78 is 16.2. The number of terminal acetylenes is 1. The minimum Gasteiger partial charge on any atom is -0.490 e. The fourth-order valence-corrected chi connectivity index (χ4v) is 3.58. The first kappa shape index (κ1) is 20.9. The van der Waals surface area contributed by atoms with Gasteiger partial charge in [-0.15, -0.1) is 6.42 Å². The number of thioether (sulfide) groups is 1. The molecule has 1 saturated heterocycles. The average molecular weight is 454 g/mol. The number of hydrogen-bond donors (Lipinski definition) is 0. The second-order valence-electron chi connectivity index (χ2n) is 5.10. The highest BCUT2D eigenvalue weighted by molar-refractivity contribution is 9.10. The number of rotatable bonds is 7. The molecule has 0 saturated carbocycles. The molecule has 0 radical (unpaired) electrons. The number of esters is 1. The average Bonchev–Trinajstić information content (AvgIpc) is 2.88. The van der Waals surface area contributed by atoms with Crippen LogP contribution in [0.3, 0.4) is 0 Å². The number of carbonyl (C=O) groups excluding carboxylic acids is 3. The molecule has 1 aliphatic rings. The van der Waals surface area contributed by atoms with Crippen molar-refractivity contribution < 1.29 is 28.6 Å². The molecular formula is C18H16BrNO6S. The van der Waals surface area contributed by atoms with Gasteiger partial charge in [0.2, 0.25) is 0 Å². The lowest BCUT2D eigenvalue weighted by Gasteiger charge is -2.13. The zero-order valence-corrected chi connectivity index (χ0v) is 17.0. The van der Waals surface area contributed by atoms with Crippen LogP contribution in [0.5, 0.6) is 11.5 Å². The quantitative estimate of drug-likeness (QED) is 0.356. The van der Waals surface area contributed by atoms with E-state index >= 15 is 0 Å². The molecule has 0 spiro atoms. The normalized spacial score (nSPS) is 15.0. The largest absolute Gasteiger partial charge is 0.490 e. The summed E-state index contributed by atoms with van der Waals surface area (Å²) in [6.07, 6.45) is 6.77. The van der Waals surface area contributed by atoms with Crippen molar-refractivity contribution in [2.75, 3.05) is 26.9 Å². The summed E-state index contributed by atoms with van der Waals surface area (Å²) in [7, 11) is 1.19. The Morgan fingerprint density at radius 2 is 2.11 bits per heavy atom. The molecule has 1 heterocycles. The molecule has 0 bridgehead atoms. The van der Waals surface area contributed by atoms with Crippen molar-refractivity contribution in [1.29, 1.82) is 0 Å². The van der Waals surface area contributed by atoms with Gasteiger partial charge in [-0.2, -0.15) is 0 Å². The lowest BCUT2D eigenvalue weighted by molar-refractivity contribution is -0.143. The molecule has 1 aromatic carbocycles. The van der Waals surface area contributed by atoms with Crippen LogP contribution in [0.15, 0.2) is 21.5 Å². The van der Waals surface area contributed by atoms with Gasteiger partial charge >= 0.3 is 5.97 Å². The van der Waals surface area contributed by atoms with Gasteiger partial charge < -0.3 is 14.2 Å². The van der Waals surface area contributed by atoms with Crippen molar-refractivity contribution in [2.45, 2.75) is 6.92 Å². The van der Waals surface area contributed by atoms with Gasteiger partial charge in [0.25, 0.3) is 11.1 Å². The minimum atomic E-state index is -0.671. The van der Waals surface area contributed by atoms with E-state index < -0.39 is 23.7 Å². The molecule has 7 nitrogen and oxygen atoms in total. The molecule has 2 rings (SSSR count). The Labute approximate surface area is 169 Å². The summed E-state index contributed by atoms with van der Waals surface area (Å²) in [5, 5.41) is -0.533. The van der Waals surface area contributed by atoms with Crippen molar-refractivity contribution in [1.82, 2.24) is 4.90 Å². The maximum atomic E-state index is 12.4. The number of halogens is 1. The van der Waals surface area contributed by atoms with Crippen molar-refractivity contribution in [3.8, 4) is 23.8 Å². The zero-order valence-electron chi connectivity index (χ0n) is 14.6. The Hall–Kier alpha value is -2.44. The molecule has 1 aliphatic heterocycles. The lowest BCUT2D eigenvalue weighted by atomic mass is 10.2. The molecule has 0 unspecified atom stereocenters. The van der Waals surface area contributed by atoms with E-state index in [0.717, 1.165) is 16.7 Å². The number of hydrogen-bond acceptors (Lipinski definition) is 7. The molecule has 0 N–H and O–H groups in total. The summed E-state index contributed by atoms with van der Waals surface area (Å²) >= 11 is 4.14. The molecule has 0 atom stereocenters. The molecule has 1 fully saturated rings. The van der Waals surface area contributed by atoms with E-state index in [4.69, 9.17) is 15.9 Å². The summed E-state index contributed by atoms with van der Waals surface area (Å²) in [4.78, 5) is 36.8. The summed E-state index contributed by atoms with van der Waals surface area (Å²) in [5.74, 6) is 2.05. The topological polar surface area (TPSA) is 82.1 Å². The van der Waals surface area contributed by atoms with E-state index in [9.17, 15) is 14.4 Å². The highest BCUT2D eigenvalue weighted by Gasteiger charge is 2.36. The lowest BCUT2D eigenvalue weighted by Crippen LogP contribution is -2.34. The molecule has 1 aromatic rings. The van der Waals surface area contributed by atoms with E-state index in [1.807, 2.05) is 6.92 Å². The predicted molar refractivity (Wildman–Crippen MR) is 104 cm³/mol. The number of benzene rings is 1. The molecule has 2 amide bonds. The molecular weight excluding hydrogens is 438 g/mol. The summed E-state index contributed by atoms with van der Waals surface area (Å²) in [6, 6.07) is 3.39. The Morgan fingerprint density at radius 3 is 2.74 bits per heavy atom. The van der Waals surface area contributed by atoms with E-state index in [1.54, 1.807) is 18.2 Å². The van der Waals surface area contributed by atoms with Crippen LogP contribution in [0, 0.1) is 12.3 Å². The molecule has 0 aromatic heterocycles. The van der Waals surface area contributed by atoms with Crippen LogP contribution < -0.4 is 9.47 Å². The number of amides is 2. The monoisotopic (exact) mass is 453 g/mol. The highest BCUT2D eigenvalue weighted by atomic mass is 79.9. The van der Waals surface area contributed by atoms with Crippen LogP contribution >= 0.6 is 27.7 Å². The van der Waals surface area contributed by atoms with Gasteiger partial charge in [0.1, 0.15) is 13.2 Å². The molecule has 0 aliphatic carbocycles. The van der Waals surface area contributed by atoms with Gasteiger partial charge in [-0.25, -0.2) is 0 Å². The highest BCUT2D eigenvalue weighted by Crippen LogP contribution is 2.39. The first-order valence-electron chi connectivity index (χ1n) is 7.76. The van der Waals surface area contributed by atoms with Crippen molar-refractivity contribution in [2.24, 2.45) is 0 Å². The van der Waals surface area contributed by atoms with E-state index in [1.165, 1.54) is 7.11 Å². The summed E-state index contributed by atoms with van der Waals surface area (Å²) in [5.41, 5.74) is 0.613. The minimum absolute atomic E-state index is 0.0738. The Morgan fingerprint density at radius 1 is 1.37 bits per heavy atom. The number of carbonyl (C=O) groups is 3. The SMILES string of the molecule is C#CCOc1c(Br)cc(/C=C2\SC(=O)N(CC(=O)OC)C2=O)cc1OCC. The van der Waals surface area contributed by atoms with Crippen molar-refractivity contribution in [3.05, 3.63) is 27.1 Å². The van der Waals surface area contributed by atoms with Crippen molar-refractivity contribution >= 4 is 50.9 Å². The van der Waals surface area contributed by atoms with Crippen LogP contribution in [0.1, 0.15) is 12.5 Å². The van der Waals surface area contributed by atoms with Crippen molar-refractivity contribution in [3.63, 3.8) is 0 Å². The third kappa shape index (κ3) is 5.05. The maximum absolute atomic E-state index is 12.4. The second kappa shape index (κ2) is 9.48. The van der Waals surface area contributed by atoms with E-state index in [0.29, 0.717) is 28.1 Å².